The first-order chi connectivity index (χ1) is 13.4. The van der Waals surface area contributed by atoms with Gasteiger partial charge in [0.1, 0.15) is 23.3 Å². The fraction of sp³-hybridized carbons (Fsp3) is 0.667. The van der Waals surface area contributed by atoms with Crippen molar-refractivity contribution >= 4 is 29.2 Å². The van der Waals surface area contributed by atoms with Gasteiger partial charge in [0, 0.05) is 24.0 Å². The van der Waals surface area contributed by atoms with Gasteiger partial charge in [0.15, 0.2) is 0 Å². The topological polar surface area (TPSA) is 60.2 Å². The second-order valence-corrected chi connectivity index (χ2v) is 9.84. The molecule has 0 N–H and O–H groups in total. The van der Waals surface area contributed by atoms with E-state index in [1.54, 1.807) is 17.8 Å². The first-order valence-electron chi connectivity index (χ1n) is 10.1. The molecule has 0 spiro atoms. The van der Waals surface area contributed by atoms with Crippen molar-refractivity contribution in [2.75, 3.05) is 19.0 Å². The third-order valence-electron chi connectivity index (χ3n) is 5.70. The number of allylic oxidation sites excluding steroid dienone is 2. The third-order valence-corrected chi connectivity index (χ3v) is 7.00. The van der Waals surface area contributed by atoms with Crippen LogP contribution in [-0.4, -0.2) is 47.3 Å². The minimum Gasteiger partial charge on any atom is -0.493 e. The first kappa shape index (κ1) is 19.8. The zero-order valence-electron chi connectivity index (χ0n) is 16.4. The second kappa shape index (κ2) is 8.11. The number of nitrogens with zero attached hydrogens (tertiary/aromatic N) is 2. The highest BCUT2D eigenvalue weighted by molar-refractivity contribution is 8.00. The molecule has 2 heterocycles. The number of thioether (sulfide) groups is 1. The van der Waals surface area contributed by atoms with Crippen LogP contribution in [0.5, 0.6) is 0 Å². The van der Waals surface area contributed by atoms with Gasteiger partial charge in [-0.15, -0.1) is 0 Å². The molecule has 2 atom stereocenters. The number of amidine groups is 1. The van der Waals surface area contributed by atoms with Crippen LogP contribution in [0.3, 0.4) is 0 Å². The molecule has 0 bridgehead atoms. The van der Waals surface area contributed by atoms with Gasteiger partial charge in [0.2, 0.25) is 0 Å². The standard InChI is InChI=1S/C21H27FN2O3S/c1-21(2)10-15(6-7-27-21)28-12-18-23-17-9-14(26-11-13-4-3-5-13)8-16(22)19(17)20(25)24-18/h8-9,13,15,19H,3-7,10-12H2,1-2H3. The van der Waals surface area contributed by atoms with Crippen molar-refractivity contribution in [3.63, 3.8) is 0 Å². The highest BCUT2D eigenvalue weighted by atomic mass is 32.2. The molecule has 28 heavy (non-hydrogen) atoms. The van der Waals surface area contributed by atoms with Crippen LogP contribution in [0.2, 0.25) is 0 Å². The van der Waals surface area contributed by atoms with Crippen LogP contribution in [0.15, 0.2) is 33.7 Å². The number of carbonyl (C=O) groups excluding carboxylic acids is 1. The number of ether oxygens (including phenoxy) is 2. The maximum atomic E-state index is 14.5. The van der Waals surface area contributed by atoms with E-state index in [1.165, 1.54) is 25.3 Å². The molecule has 0 radical (unpaired) electrons. The molecule has 152 valence electrons. The Bertz CT molecular complexity index is 768. The summed E-state index contributed by atoms with van der Waals surface area (Å²) >= 11 is 1.74. The van der Waals surface area contributed by atoms with Crippen LogP contribution < -0.4 is 0 Å². The molecule has 2 aliphatic carbocycles. The zero-order chi connectivity index (χ0) is 19.7. The van der Waals surface area contributed by atoms with Gasteiger partial charge in [-0.3, -0.25) is 4.79 Å². The largest absolute Gasteiger partial charge is 0.493 e. The third kappa shape index (κ3) is 4.57. The SMILES string of the molecule is CC1(C)CC(SCC2=NC(=O)C3C(F)=CC(OCC4CCC4)=CC3=N2)CCO1. The molecular weight excluding hydrogens is 379 g/mol. The number of aliphatic imine (C=N–C) groups is 2. The fourth-order valence-electron chi connectivity index (χ4n) is 3.87. The summed E-state index contributed by atoms with van der Waals surface area (Å²) < 4.78 is 26.0. The summed E-state index contributed by atoms with van der Waals surface area (Å²) in [6, 6.07) is 0. The van der Waals surface area contributed by atoms with Gasteiger partial charge in [-0.05, 0) is 45.4 Å². The van der Waals surface area contributed by atoms with E-state index in [9.17, 15) is 9.18 Å². The van der Waals surface area contributed by atoms with Crippen LogP contribution in [-0.2, 0) is 14.3 Å². The van der Waals surface area contributed by atoms with Crippen LogP contribution in [0.25, 0.3) is 0 Å². The van der Waals surface area contributed by atoms with Gasteiger partial charge in [0.05, 0.1) is 23.7 Å². The number of rotatable bonds is 6. The summed E-state index contributed by atoms with van der Waals surface area (Å²) in [6.07, 6.45) is 8.50. The highest BCUT2D eigenvalue weighted by Crippen LogP contribution is 2.33. The zero-order valence-corrected chi connectivity index (χ0v) is 17.3. The molecule has 2 unspecified atom stereocenters. The Kier molecular flexibility index (Phi) is 5.74. The lowest BCUT2D eigenvalue weighted by Gasteiger charge is -2.35. The Morgan fingerprint density at radius 3 is 2.82 bits per heavy atom. The average molecular weight is 407 g/mol. The second-order valence-electron chi connectivity index (χ2n) is 8.55. The minimum atomic E-state index is -1.01. The predicted octanol–water partition coefficient (Wildman–Crippen LogP) is 4.24. The molecule has 7 heteroatoms. The Morgan fingerprint density at radius 1 is 1.29 bits per heavy atom. The lowest BCUT2D eigenvalue weighted by Crippen LogP contribution is -2.36. The van der Waals surface area contributed by atoms with E-state index >= 15 is 0 Å². The molecule has 0 aromatic rings. The molecule has 4 aliphatic rings. The Balaban J connectivity index is 1.40. The number of fused-ring (bicyclic) bond motifs is 1. The normalized spacial score (nSPS) is 29.8. The van der Waals surface area contributed by atoms with Crippen LogP contribution in [0.4, 0.5) is 4.39 Å². The van der Waals surface area contributed by atoms with Crippen molar-refractivity contribution in [3.8, 4) is 0 Å². The predicted molar refractivity (Wildman–Crippen MR) is 109 cm³/mol. The monoisotopic (exact) mass is 406 g/mol. The Labute approximate surface area is 169 Å². The van der Waals surface area contributed by atoms with Crippen molar-refractivity contribution in [2.45, 2.75) is 56.8 Å². The van der Waals surface area contributed by atoms with Crippen molar-refractivity contribution in [3.05, 3.63) is 23.7 Å². The lowest BCUT2D eigenvalue weighted by atomic mass is 9.86. The molecule has 4 rings (SSSR count). The molecular formula is C21H27FN2O3S. The molecule has 1 saturated carbocycles. The molecule has 1 saturated heterocycles. The maximum absolute atomic E-state index is 14.5. The summed E-state index contributed by atoms with van der Waals surface area (Å²) in [7, 11) is 0. The molecule has 0 aromatic heterocycles. The summed E-state index contributed by atoms with van der Waals surface area (Å²) in [6.45, 7) is 5.53. The van der Waals surface area contributed by atoms with Crippen molar-refractivity contribution in [1.29, 1.82) is 0 Å². The van der Waals surface area contributed by atoms with Crippen molar-refractivity contribution < 1.29 is 18.7 Å². The Morgan fingerprint density at radius 2 is 2.11 bits per heavy atom. The van der Waals surface area contributed by atoms with Gasteiger partial charge in [-0.1, -0.05) is 6.42 Å². The summed E-state index contributed by atoms with van der Waals surface area (Å²) in [5, 5.41) is 0.444. The summed E-state index contributed by atoms with van der Waals surface area (Å²) in [5.41, 5.74) is 0.288. The molecule has 2 aliphatic heterocycles. The van der Waals surface area contributed by atoms with E-state index in [-0.39, 0.29) is 5.60 Å². The Hall–Kier alpha value is -1.47. The lowest BCUT2D eigenvalue weighted by molar-refractivity contribution is -0.119. The van der Waals surface area contributed by atoms with Crippen LogP contribution in [0, 0.1) is 11.8 Å². The molecule has 1 amide bonds. The van der Waals surface area contributed by atoms with Gasteiger partial charge in [0.25, 0.3) is 5.91 Å². The first-order valence-corrected chi connectivity index (χ1v) is 11.1. The van der Waals surface area contributed by atoms with E-state index in [1.807, 2.05) is 0 Å². The van der Waals surface area contributed by atoms with Crippen molar-refractivity contribution in [2.24, 2.45) is 21.8 Å². The smallest absolute Gasteiger partial charge is 0.263 e. The van der Waals surface area contributed by atoms with Gasteiger partial charge >= 0.3 is 0 Å². The van der Waals surface area contributed by atoms with E-state index in [2.05, 4.69) is 23.8 Å². The number of halogens is 1. The number of hydrogen-bond donors (Lipinski definition) is 0. The maximum Gasteiger partial charge on any atom is 0.263 e. The van der Waals surface area contributed by atoms with Gasteiger partial charge in [-0.2, -0.15) is 16.8 Å². The van der Waals surface area contributed by atoms with Gasteiger partial charge in [-0.25, -0.2) is 9.38 Å². The average Bonchev–Trinajstić information content (AvgIpc) is 2.57. The van der Waals surface area contributed by atoms with Crippen LogP contribution in [0.1, 0.15) is 46.0 Å². The van der Waals surface area contributed by atoms with Gasteiger partial charge < -0.3 is 9.47 Å². The fourth-order valence-corrected chi connectivity index (χ4v) is 5.17. The number of hydrogen-bond acceptors (Lipinski definition) is 5. The molecule has 5 nitrogen and oxygen atoms in total. The van der Waals surface area contributed by atoms with Crippen LogP contribution >= 0.6 is 11.8 Å². The number of carbonyl (C=O) groups is 1. The van der Waals surface area contributed by atoms with E-state index in [0.29, 0.717) is 40.8 Å². The molecule has 0 aromatic carbocycles. The quantitative estimate of drug-likeness (QED) is 0.662. The van der Waals surface area contributed by atoms with Crippen molar-refractivity contribution in [1.82, 2.24) is 0 Å². The number of amides is 1. The van der Waals surface area contributed by atoms with E-state index < -0.39 is 17.7 Å². The summed E-state index contributed by atoms with van der Waals surface area (Å²) in [5.74, 6) is 0.00351. The highest BCUT2D eigenvalue weighted by Gasteiger charge is 2.35. The summed E-state index contributed by atoms with van der Waals surface area (Å²) in [4.78, 5) is 20.9. The minimum absolute atomic E-state index is 0.121. The van der Waals surface area contributed by atoms with E-state index in [0.717, 1.165) is 19.4 Å². The molecule has 2 fully saturated rings. The van der Waals surface area contributed by atoms with E-state index in [4.69, 9.17) is 9.47 Å².